The first-order valence-corrected chi connectivity index (χ1v) is 9.22. The molecule has 130 valence electrons. The van der Waals surface area contributed by atoms with E-state index in [0.717, 1.165) is 0 Å². The number of nitrogens with one attached hydrogen (secondary N) is 1. The zero-order valence-corrected chi connectivity index (χ0v) is 15.1. The molecular formula is C16H25FN2O3S. The minimum absolute atomic E-state index is 0.0871. The van der Waals surface area contributed by atoms with Crippen molar-refractivity contribution in [3.63, 3.8) is 0 Å². The Morgan fingerprint density at radius 3 is 2.39 bits per heavy atom. The monoisotopic (exact) mass is 344 g/mol. The Labute approximate surface area is 137 Å². The van der Waals surface area contributed by atoms with Crippen molar-refractivity contribution in [2.45, 2.75) is 44.7 Å². The first kappa shape index (κ1) is 19.4. The number of hydrogen-bond acceptors (Lipinski definition) is 4. The summed E-state index contributed by atoms with van der Waals surface area (Å²) in [4.78, 5) is 13.8. The fourth-order valence-corrected chi connectivity index (χ4v) is 3.23. The van der Waals surface area contributed by atoms with Gasteiger partial charge >= 0.3 is 0 Å². The van der Waals surface area contributed by atoms with Crippen molar-refractivity contribution in [2.24, 2.45) is 0 Å². The van der Waals surface area contributed by atoms with Gasteiger partial charge in [0.2, 0.25) is 5.91 Å². The van der Waals surface area contributed by atoms with Gasteiger partial charge in [-0.2, -0.15) is 0 Å². The maximum absolute atomic E-state index is 14.0. The third-order valence-electron chi connectivity index (χ3n) is 3.88. The van der Waals surface area contributed by atoms with E-state index in [-0.39, 0.29) is 12.4 Å². The summed E-state index contributed by atoms with van der Waals surface area (Å²) >= 11 is 0. The standard InChI is InChI=1S/C16H25FN2O3S/c1-6-19(5)15-8-7-13(9-14(15)17)10-18-16(20)12(4)23(21,22)11(2)3/h7-9,11-12H,6,10H2,1-5H3,(H,18,20). The Morgan fingerprint density at radius 1 is 1.30 bits per heavy atom. The number of nitrogens with zero attached hydrogens (tertiary/aromatic N) is 1. The molecule has 0 aliphatic heterocycles. The lowest BCUT2D eigenvalue weighted by molar-refractivity contribution is -0.120. The van der Waals surface area contributed by atoms with Crippen LogP contribution in [-0.4, -0.2) is 38.4 Å². The molecule has 0 aliphatic carbocycles. The lowest BCUT2D eigenvalue weighted by Gasteiger charge is -2.18. The highest BCUT2D eigenvalue weighted by molar-refractivity contribution is 7.93. The molecule has 1 aromatic carbocycles. The zero-order chi connectivity index (χ0) is 17.8. The molecule has 7 heteroatoms. The molecule has 0 fully saturated rings. The lowest BCUT2D eigenvalue weighted by Crippen LogP contribution is -2.40. The minimum atomic E-state index is -3.50. The van der Waals surface area contributed by atoms with Crippen LogP contribution in [0.3, 0.4) is 0 Å². The van der Waals surface area contributed by atoms with Crippen molar-refractivity contribution in [1.82, 2.24) is 5.32 Å². The predicted molar refractivity (Wildman–Crippen MR) is 90.7 cm³/mol. The smallest absolute Gasteiger partial charge is 0.238 e. The van der Waals surface area contributed by atoms with Crippen molar-refractivity contribution >= 4 is 21.4 Å². The summed E-state index contributed by atoms with van der Waals surface area (Å²) in [6.07, 6.45) is 0. The maximum Gasteiger partial charge on any atom is 0.238 e. The molecule has 0 bridgehead atoms. The van der Waals surface area contributed by atoms with Crippen LogP contribution in [0.5, 0.6) is 0 Å². The molecule has 0 radical (unpaired) electrons. The number of hydrogen-bond donors (Lipinski definition) is 1. The number of carbonyl (C=O) groups excluding carboxylic acids is 1. The Balaban J connectivity index is 2.76. The van der Waals surface area contributed by atoms with Crippen LogP contribution < -0.4 is 10.2 Å². The van der Waals surface area contributed by atoms with Crippen LogP contribution in [0.15, 0.2) is 18.2 Å². The Kier molecular flexibility index (Phi) is 6.56. The van der Waals surface area contributed by atoms with Crippen LogP contribution in [0.2, 0.25) is 0 Å². The number of benzene rings is 1. The van der Waals surface area contributed by atoms with E-state index in [1.54, 1.807) is 24.1 Å². The number of anilines is 1. The van der Waals surface area contributed by atoms with Gasteiger partial charge in [-0.1, -0.05) is 6.07 Å². The molecule has 0 spiro atoms. The van der Waals surface area contributed by atoms with Gasteiger partial charge in [0.05, 0.1) is 10.9 Å². The van der Waals surface area contributed by atoms with Crippen LogP contribution in [-0.2, 0) is 21.2 Å². The summed E-state index contributed by atoms with van der Waals surface area (Å²) in [5.41, 5.74) is 1.07. The molecule has 1 aromatic rings. The van der Waals surface area contributed by atoms with Crippen LogP contribution >= 0.6 is 0 Å². The van der Waals surface area contributed by atoms with E-state index < -0.39 is 26.2 Å². The van der Waals surface area contributed by atoms with Crippen molar-refractivity contribution in [3.05, 3.63) is 29.6 Å². The van der Waals surface area contributed by atoms with Crippen molar-refractivity contribution in [3.8, 4) is 0 Å². The third-order valence-corrected chi connectivity index (χ3v) is 6.40. The van der Waals surface area contributed by atoms with Crippen LogP contribution in [0.25, 0.3) is 0 Å². The molecule has 0 aromatic heterocycles. The summed E-state index contributed by atoms with van der Waals surface area (Å²) in [5.74, 6) is -0.946. The van der Waals surface area contributed by atoms with Gasteiger partial charge in [0, 0.05) is 20.1 Å². The molecule has 5 nitrogen and oxygen atoms in total. The highest BCUT2D eigenvalue weighted by atomic mass is 32.2. The molecule has 0 saturated heterocycles. The van der Waals surface area contributed by atoms with E-state index in [1.807, 2.05) is 6.92 Å². The molecule has 0 aliphatic rings. The van der Waals surface area contributed by atoms with Gasteiger partial charge < -0.3 is 10.2 Å². The minimum Gasteiger partial charge on any atom is -0.373 e. The Morgan fingerprint density at radius 2 is 1.91 bits per heavy atom. The zero-order valence-electron chi connectivity index (χ0n) is 14.3. The number of halogens is 1. The number of rotatable bonds is 7. The molecule has 1 atom stereocenters. The topological polar surface area (TPSA) is 66.5 Å². The second kappa shape index (κ2) is 7.77. The molecular weight excluding hydrogens is 319 g/mol. The van der Waals surface area contributed by atoms with Gasteiger partial charge in [0.25, 0.3) is 0 Å². The molecule has 1 unspecified atom stereocenters. The molecule has 1 N–H and O–H groups in total. The van der Waals surface area contributed by atoms with E-state index in [2.05, 4.69) is 5.32 Å². The van der Waals surface area contributed by atoms with Gasteiger partial charge in [-0.25, -0.2) is 12.8 Å². The maximum atomic E-state index is 14.0. The van der Waals surface area contributed by atoms with E-state index in [0.29, 0.717) is 17.8 Å². The fourth-order valence-electron chi connectivity index (χ4n) is 2.03. The number of amides is 1. The SMILES string of the molecule is CCN(C)c1ccc(CNC(=O)C(C)S(=O)(=O)C(C)C)cc1F. The first-order chi connectivity index (χ1) is 10.6. The Hall–Kier alpha value is -1.63. The molecule has 23 heavy (non-hydrogen) atoms. The highest BCUT2D eigenvalue weighted by Crippen LogP contribution is 2.19. The van der Waals surface area contributed by atoms with E-state index in [1.165, 1.54) is 26.8 Å². The fraction of sp³-hybridized carbons (Fsp3) is 0.562. The molecule has 0 heterocycles. The summed E-state index contributed by atoms with van der Waals surface area (Å²) in [6, 6.07) is 4.71. The predicted octanol–water partition coefficient (Wildman–Crippen LogP) is 2.11. The average Bonchev–Trinajstić information content (AvgIpc) is 2.50. The quantitative estimate of drug-likeness (QED) is 0.823. The normalized spacial score (nSPS) is 13.0. The van der Waals surface area contributed by atoms with Gasteiger partial charge in [0.15, 0.2) is 9.84 Å². The second-order valence-corrected chi connectivity index (χ2v) is 8.63. The molecule has 1 amide bonds. The van der Waals surface area contributed by atoms with Crippen LogP contribution in [0, 0.1) is 5.82 Å². The molecule has 0 saturated carbocycles. The second-order valence-electron chi connectivity index (χ2n) is 5.80. The number of carbonyl (C=O) groups is 1. The van der Waals surface area contributed by atoms with Gasteiger partial charge in [-0.15, -0.1) is 0 Å². The van der Waals surface area contributed by atoms with E-state index >= 15 is 0 Å². The summed E-state index contributed by atoms with van der Waals surface area (Å²) < 4.78 is 37.9. The van der Waals surface area contributed by atoms with Gasteiger partial charge in [0.1, 0.15) is 11.1 Å². The Bertz CT molecular complexity index is 659. The summed E-state index contributed by atoms with van der Waals surface area (Å²) in [7, 11) is -1.71. The largest absolute Gasteiger partial charge is 0.373 e. The van der Waals surface area contributed by atoms with Crippen molar-refractivity contribution in [2.75, 3.05) is 18.5 Å². The first-order valence-electron chi connectivity index (χ1n) is 7.61. The molecule has 1 rings (SSSR count). The van der Waals surface area contributed by atoms with Crippen molar-refractivity contribution < 1.29 is 17.6 Å². The van der Waals surface area contributed by atoms with Gasteiger partial charge in [-0.05, 0) is 45.4 Å². The lowest BCUT2D eigenvalue weighted by atomic mass is 10.2. The highest BCUT2D eigenvalue weighted by Gasteiger charge is 2.30. The van der Waals surface area contributed by atoms with E-state index in [4.69, 9.17) is 0 Å². The number of sulfone groups is 1. The van der Waals surface area contributed by atoms with Crippen LogP contribution in [0.4, 0.5) is 10.1 Å². The third kappa shape index (κ3) is 4.67. The van der Waals surface area contributed by atoms with Crippen molar-refractivity contribution in [1.29, 1.82) is 0 Å². The summed E-state index contributed by atoms with van der Waals surface area (Å²) in [6.45, 7) is 7.13. The van der Waals surface area contributed by atoms with Crippen LogP contribution in [0.1, 0.15) is 33.3 Å². The average molecular weight is 344 g/mol. The van der Waals surface area contributed by atoms with Gasteiger partial charge in [-0.3, -0.25) is 4.79 Å². The van der Waals surface area contributed by atoms with E-state index in [9.17, 15) is 17.6 Å². The summed E-state index contributed by atoms with van der Waals surface area (Å²) in [5, 5.41) is 0.803.